The number of Topliss-reactive ketones (excluding diaryl/α,β-unsaturated/α-hetero) is 1. The summed E-state index contributed by atoms with van der Waals surface area (Å²) in [6.07, 6.45) is 8.06. The smallest absolute Gasteiger partial charge is 0.226 e. The van der Waals surface area contributed by atoms with Gasteiger partial charge in [-0.15, -0.1) is 11.3 Å². The molecule has 1 heterocycles. The van der Waals surface area contributed by atoms with E-state index in [1.54, 1.807) is 17.3 Å². The first-order chi connectivity index (χ1) is 16.1. The first kappa shape index (κ1) is 23.7. The predicted molar refractivity (Wildman–Crippen MR) is 138 cm³/mol. The van der Waals surface area contributed by atoms with Gasteiger partial charge in [-0.05, 0) is 84.8 Å². The average Bonchev–Trinajstić information content (AvgIpc) is 3.30. The number of rotatable bonds is 4. The molecule has 5 rings (SSSR count). The van der Waals surface area contributed by atoms with Crippen molar-refractivity contribution in [2.24, 2.45) is 23.2 Å². The lowest BCUT2D eigenvalue weighted by Gasteiger charge is -2.50. The normalized spacial score (nSPS) is 30.4. The number of aromatic nitrogens is 1. The molecule has 1 amide bonds. The number of aryl methyl sites for hydroxylation is 1. The summed E-state index contributed by atoms with van der Waals surface area (Å²) in [6, 6.07) is 6.92. The Bertz CT molecular complexity index is 1110. The number of nitrogens with zero attached hydrogens (tertiary/aromatic N) is 1. The number of fused-ring (bicyclic) bond motifs is 5. The van der Waals surface area contributed by atoms with E-state index in [0.29, 0.717) is 47.4 Å². The molecule has 3 aliphatic rings. The van der Waals surface area contributed by atoms with Crippen molar-refractivity contribution in [3.63, 3.8) is 0 Å². The number of carbonyl (C=O) groups excluding carboxylic acids is 2. The quantitative estimate of drug-likeness (QED) is 0.524. The molecule has 2 aromatic rings. The van der Waals surface area contributed by atoms with Crippen LogP contribution in [0.2, 0.25) is 0 Å². The van der Waals surface area contributed by atoms with Crippen LogP contribution >= 0.6 is 11.3 Å². The van der Waals surface area contributed by atoms with Crippen molar-refractivity contribution in [1.29, 1.82) is 0 Å². The number of anilines is 1. The summed E-state index contributed by atoms with van der Waals surface area (Å²) in [5, 5.41) is 3.62. The maximum Gasteiger partial charge on any atom is 0.226 e. The van der Waals surface area contributed by atoms with Crippen LogP contribution in [0, 0.1) is 30.1 Å². The molecule has 0 bridgehead atoms. The zero-order chi connectivity index (χ0) is 24.3. The zero-order valence-electron chi connectivity index (χ0n) is 21.2. The fraction of sp³-hybridized carbons (Fsp3) is 0.621. The van der Waals surface area contributed by atoms with E-state index in [4.69, 9.17) is 0 Å². The summed E-state index contributed by atoms with van der Waals surface area (Å²) < 4.78 is 0. The Balaban J connectivity index is 1.36. The Morgan fingerprint density at radius 1 is 1.26 bits per heavy atom. The summed E-state index contributed by atoms with van der Waals surface area (Å²) in [7, 11) is 0. The third kappa shape index (κ3) is 4.04. The lowest BCUT2D eigenvalue weighted by molar-refractivity contribution is -0.129. The highest BCUT2D eigenvalue weighted by Crippen LogP contribution is 2.62. The molecular weight excluding hydrogens is 440 g/mol. The Hall–Kier alpha value is -2.01. The monoisotopic (exact) mass is 478 g/mol. The second-order valence-electron chi connectivity index (χ2n) is 12.2. The Labute approximate surface area is 208 Å². The molecule has 4 nitrogen and oxygen atoms in total. The van der Waals surface area contributed by atoms with Gasteiger partial charge in [0.15, 0.2) is 5.13 Å². The minimum absolute atomic E-state index is 0.0200. The molecule has 0 radical (unpaired) electrons. The van der Waals surface area contributed by atoms with Gasteiger partial charge in [-0.1, -0.05) is 45.9 Å². The Kier molecular flexibility index (Phi) is 5.99. The van der Waals surface area contributed by atoms with Gasteiger partial charge in [0.2, 0.25) is 5.91 Å². The summed E-state index contributed by atoms with van der Waals surface area (Å²) >= 11 is 1.51. The van der Waals surface area contributed by atoms with Crippen LogP contribution in [-0.4, -0.2) is 16.7 Å². The SMILES string of the molecule is Cc1cnc(NC(=O)CC[C@@H]2CC(=O)C3(C)CCC4c5cccc(C(C)(C)C)c5CCC4C23)s1. The highest BCUT2D eigenvalue weighted by atomic mass is 32.1. The number of hydrogen-bond acceptors (Lipinski definition) is 4. The van der Waals surface area contributed by atoms with Crippen molar-refractivity contribution in [2.45, 2.75) is 90.9 Å². The van der Waals surface area contributed by atoms with Gasteiger partial charge in [0, 0.05) is 29.3 Å². The van der Waals surface area contributed by atoms with E-state index in [1.807, 2.05) is 6.92 Å². The van der Waals surface area contributed by atoms with Crippen molar-refractivity contribution < 1.29 is 9.59 Å². The first-order valence-corrected chi connectivity index (χ1v) is 13.8. The fourth-order valence-corrected chi connectivity index (χ4v) is 8.24. The Morgan fingerprint density at radius 2 is 2.06 bits per heavy atom. The second kappa shape index (κ2) is 8.58. The van der Waals surface area contributed by atoms with E-state index in [1.165, 1.54) is 23.3 Å². The lowest BCUT2D eigenvalue weighted by Crippen LogP contribution is -2.44. The van der Waals surface area contributed by atoms with Crippen LogP contribution < -0.4 is 5.32 Å². The lowest BCUT2D eigenvalue weighted by atomic mass is 9.53. The molecule has 1 N–H and O–H groups in total. The summed E-state index contributed by atoms with van der Waals surface area (Å²) in [5.41, 5.74) is 4.54. The third-order valence-electron chi connectivity index (χ3n) is 9.04. The third-order valence-corrected chi connectivity index (χ3v) is 9.87. The van der Waals surface area contributed by atoms with Crippen LogP contribution in [0.3, 0.4) is 0 Å². The molecule has 0 saturated heterocycles. The molecule has 1 aromatic heterocycles. The maximum absolute atomic E-state index is 13.3. The molecule has 2 fully saturated rings. The summed E-state index contributed by atoms with van der Waals surface area (Å²) in [6.45, 7) is 11.2. The van der Waals surface area contributed by atoms with Gasteiger partial charge >= 0.3 is 0 Å². The van der Waals surface area contributed by atoms with E-state index in [0.717, 1.165) is 30.6 Å². The Morgan fingerprint density at radius 3 is 2.76 bits per heavy atom. The number of benzene rings is 1. The van der Waals surface area contributed by atoms with Crippen LogP contribution in [0.15, 0.2) is 24.4 Å². The number of hydrogen-bond donors (Lipinski definition) is 1. The van der Waals surface area contributed by atoms with Crippen LogP contribution in [0.25, 0.3) is 0 Å². The highest BCUT2D eigenvalue weighted by molar-refractivity contribution is 7.15. The molecule has 5 atom stereocenters. The van der Waals surface area contributed by atoms with Crippen molar-refractivity contribution in [3.05, 3.63) is 46.0 Å². The number of thiazole rings is 1. The van der Waals surface area contributed by atoms with Crippen molar-refractivity contribution in [3.8, 4) is 0 Å². The molecule has 5 heteroatoms. The van der Waals surface area contributed by atoms with Gasteiger partial charge in [0.25, 0.3) is 0 Å². The largest absolute Gasteiger partial charge is 0.302 e. The second-order valence-corrected chi connectivity index (χ2v) is 13.4. The molecule has 4 unspecified atom stereocenters. The van der Waals surface area contributed by atoms with Crippen LogP contribution in [0.4, 0.5) is 5.13 Å². The number of nitrogens with one attached hydrogen (secondary N) is 1. The number of amides is 1. The van der Waals surface area contributed by atoms with E-state index in [2.05, 4.69) is 56.2 Å². The summed E-state index contributed by atoms with van der Waals surface area (Å²) in [4.78, 5) is 31.3. The first-order valence-electron chi connectivity index (χ1n) is 13.0. The van der Waals surface area contributed by atoms with Gasteiger partial charge in [-0.25, -0.2) is 4.98 Å². The van der Waals surface area contributed by atoms with E-state index in [9.17, 15) is 9.59 Å². The average molecular weight is 479 g/mol. The van der Waals surface area contributed by atoms with Gasteiger partial charge in [0.05, 0.1) is 0 Å². The number of ketones is 1. The maximum atomic E-state index is 13.3. The van der Waals surface area contributed by atoms with Gasteiger partial charge < -0.3 is 5.32 Å². The standard InChI is InChI=1S/C29H38N2O2S/c1-17-16-30-27(34-17)31-25(33)12-9-18-15-24(32)29(5)14-13-20-19-7-6-8-23(28(2,3)4)21(19)10-11-22(20)26(18)29/h6-8,16,18,20,22,26H,9-15H2,1-5H3,(H,30,31,33)/t18-,20?,22?,26?,29?/m1/s1. The van der Waals surface area contributed by atoms with Crippen molar-refractivity contribution in [1.82, 2.24) is 4.98 Å². The summed E-state index contributed by atoms with van der Waals surface area (Å²) in [5.74, 6) is 2.24. The molecule has 0 aliphatic heterocycles. The molecule has 2 saturated carbocycles. The molecule has 34 heavy (non-hydrogen) atoms. The van der Waals surface area contributed by atoms with Gasteiger partial charge in [0.1, 0.15) is 5.78 Å². The topological polar surface area (TPSA) is 59.1 Å². The van der Waals surface area contributed by atoms with Gasteiger partial charge in [-0.3, -0.25) is 9.59 Å². The zero-order valence-corrected chi connectivity index (χ0v) is 22.1. The number of carbonyl (C=O) groups is 2. The van der Waals surface area contributed by atoms with Crippen LogP contribution in [0.5, 0.6) is 0 Å². The van der Waals surface area contributed by atoms with Crippen molar-refractivity contribution >= 4 is 28.2 Å². The minimum atomic E-state index is -0.214. The van der Waals surface area contributed by atoms with Crippen LogP contribution in [-0.2, 0) is 21.4 Å². The molecular formula is C29H38N2O2S. The van der Waals surface area contributed by atoms with Crippen molar-refractivity contribution in [2.75, 3.05) is 5.32 Å². The molecule has 0 spiro atoms. The molecule has 182 valence electrons. The highest BCUT2D eigenvalue weighted by Gasteiger charge is 2.58. The fourth-order valence-electron chi connectivity index (χ4n) is 7.56. The minimum Gasteiger partial charge on any atom is -0.302 e. The van der Waals surface area contributed by atoms with Gasteiger partial charge in [-0.2, -0.15) is 0 Å². The van der Waals surface area contributed by atoms with E-state index in [-0.39, 0.29) is 16.7 Å². The van der Waals surface area contributed by atoms with E-state index >= 15 is 0 Å². The van der Waals surface area contributed by atoms with Crippen LogP contribution in [0.1, 0.15) is 93.7 Å². The predicted octanol–water partition coefficient (Wildman–Crippen LogP) is 6.82. The van der Waals surface area contributed by atoms with E-state index < -0.39 is 0 Å². The molecule has 1 aromatic carbocycles. The molecule has 3 aliphatic carbocycles.